The summed E-state index contributed by atoms with van der Waals surface area (Å²) in [6, 6.07) is 2.85. The van der Waals surface area contributed by atoms with Crippen LogP contribution in [0.4, 0.5) is 19.0 Å². The predicted molar refractivity (Wildman–Crippen MR) is 77.4 cm³/mol. The lowest BCUT2D eigenvalue weighted by atomic mass is 10.0. The molecule has 1 N–H and O–H groups in total. The Morgan fingerprint density at radius 3 is 2.81 bits per heavy atom. The summed E-state index contributed by atoms with van der Waals surface area (Å²) in [5.74, 6) is 0.0697. The number of alkyl halides is 3. The van der Waals surface area contributed by atoms with Gasteiger partial charge in [-0.05, 0) is 31.4 Å². The second-order valence-electron chi connectivity index (χ2n) is 5.78. The van der Waals surface area contributed by atoms with Crippen LogP contribution in [-0.4, -0.2) is 30.2 Å². The Morgan fingerprint density at radius 2 is 2.14 bits per heavy atom. The number of aromatic nitrogens is 1. The van der Waals surface area contributed by atoms with Crippen molar-refractivity contribution >= 4 is 5.82 Å². The van der Waals surface area contributed by atoms with Crippen molar-refractivity contribution in [1.82, 2.24) is 10.3 Å². The fourth-order valence-corrected chi connectivity index (χ4v) is 2.71. The molecule has 2 rings (SSSR count). The van der Waals surface area contributed by atoms with Crippen LogP contribution < -0.4 is 10.2 Å². The Hall–Kier alpha value is -1.30. The van der Waals surface area contributed by atoms with Gasteiger partial charge in [0.2, 0.25) is 0 Å². The summed E-state index contributed by atoms with van der Waals surface area (Å²) in [7, 11) is 0. The first kappa shape index (κ1) is 16.1. The first-order valence-corrected chi connectivity index (χ1v) is 7.42. The van der Waals surface area contributed by atoms with Gasteiger partial charge in [-0.2, -0.15) is 13.2 Å². The third-order valence-corrected chi connectivity index (χ3v) is 3.75. The molecule has 3 nitrogen and oxygen atoms in total. The van der Waals surface area contributed by atoms with E-state index in [1.165, 1.54) is 12.3 Å². The van der Waals surface area contributed by atoms with Gasteiger partial charge in [0.25, 0.3) is 0 Å². The van der Waals surface area contributed by atoms with Crippen LogP contribution >= 0.6 is 0 Å². The van der Waals surface area contributed by atoms with Crippen LogP contribution in [-0.2, 0) is 6.18 Å². The van der Waals surface area contributed by atoms with E-state index in [-0.39, 0.29) is 11.9 Å². The summed E-state index contributed by atoms with van der Waals surface area (Å²) in [5.41, 5.74) is -0.638. The minimum absolute atomic E-state index is 0.0668. The molecule has 0 aromatic carbocycles. The molecule has 2 heterocycles. The number of hydrogen-bond acceptors (Lipinski definition) is 3. The Balaban J connectivity index is 2.25. The molecule has 1 unspecified atom stereocenters. The Bertz CT molecular complexity index is 460. The van der Waals surface area contributed by atoms with Crippen molar-refractivity contribution in [2.24, 2.45) is 0 Å². The van der Waals surface area contributed by atoms with E-state index in [0.29, 0.717) is 19.1 Å². The van der Waals surface area contributed by atoms with Gasteiger partial charge in [0.1, 0.15) is 5.82 Å². The molecular formula is C15H22F3N3. The van der Waals surface area contributed by atoms with Crippen molar-refractivity contribution < 1.29 is 13.2 Å². The molecule has 0 saturated carbocycles. The highest BCUT2D eigenvalue weighted by molar-refractivity contribution is 5.49. The zero-order chi connectivity index (χ0) is 15.5. The number of nitrogens with one attached hydrogen (secondary N) is 1. The average molecular weight is 301 g/mol. The minimum Gasteiger partial charge on any atom is -0.352 e. The molecule has 1 aliphatic rings. The van der Waals surface area contributed by atoms with Crippen LogP contribution in [0.1, 0.15) is 38.7 Å². The lowest BCUT2D eigenvalue weighted by molar-refractivity contribution is -0.137. The van der Waals surface area contributed by atoms with Gasteiger partial charge in [-0.15, -0.1) is 0 Å². The number of piperidine rings is 1. The maximum absolute atomic E-state index is 13.2. The molecular weight excluding hydrogens is 279 g/mol. The summed E-state index contributed by atoms with van der Waals surface area (Å²) in [5, 5.41) is 3.32. The highest BCUT2D eigenvalue weighted by atomic mass is 19.4. The minimum atomic E-state index is -4.36. The standard InChI is InChI=1S/C15H22F3N3/c1-11(2)20-10-12-6-3-4-9-21(12)14-13(15(16,17)18)7-5-8-19-14/h5,7-8,11-12,20H,3-4,6,9-10H2,1-2H3. The van der Waals surface area contributed by atoms with Crippen molar-refractivity contribution in [3.63, 3.8) is 0 Å². The quantitative estimate of drug-likeness (QED) is 0.923. The monoisotopic (exact) mass is 301 g/mol. The van der Waals surface area contributed by atoms with Crippen LogP contribution in [0, 0.1) is 0 Å². The summed E-state index contributed by atoms with van der Waals surface area (Å²) >= 11 is 0. The van der Waals surface area contributed by atoms with Gasteiger partial charge in [0, 0.05) is 31.4 Å². The number of rotatable bonds is 4. The molecule has 1 saturated heterocycles. The van der Waals surface area contributed by atoms with Crippen LogP contribution in [0.15, 0.2) is 18.3 Å². The van der Waals surface area contributed by atoms with Crippen molar-refractivity contribution in [2.45, 2.75) is 51.4 Å². The number of anilines is 1. The summed E-state index contributed by atoms with van der Waals surface area (Å²) in [6.45, 7) is 5.39. The molecule has 0 spiro atoms. The summed E-state index contributed by atoms with van der Waals surface area (Å²) < 4.78 is 39.5. The maximum Gasteiger partial charge on any atom is 0.419 e. The molecule has 1 aliphatic heterocycles. The van der Waals surface area contributed by atoms with Gasteiger partial charge in [0.15, 0.2) is 0 Å². The van der Waals surface area contributed by atoms with Crippen molar-refractivity contribution in [3.8, 4) is 0 Å². The van der Waals surface area contributed by atoms with Gasteiger partial charge < -0.3 is 10.2 Å². The van der Waals surface area contributed by atoms with Crippen LogP contribution in [0.2, 0.25) is 0 Å². The van der Waals surface area contributed by atoms with E-state index >= 15 is 0 Å². The van der Waals surface area contributed by atoms with Crippen molar-refractivity contribution in [2.75, 3.05) is 18.0 Å². The molecule has 1 aromatic rings. The SMILES string of the molecule is CC(C)NCC1CCCCN1c1ncccc1C(F)(F)F. The topological polar surface area (TPSA) is 28.2 Å². The molecule has 0 bridgehead atoms. The first-order valence-electron chi connectivity index (χ1n) is 7.42. The molecule has 1 fully saturated rings. The van der Waals surface area contributed by atoms with Crippen LogP contribution in [0.25, 0.3) is 0 Å². The fourth-order valence-electron chi connectivity index (χ4n) is 2.71. The number of nitrogens with zero attached hydrogens (tertiary/aromatic N) is 2. The van der Waals surface area contributed by atoms with E-state index in [2.05, 4.69) is 10.3 Å². The Kier molecular flexibility index (Phi) is 5.08. The summed E-state index contributed by atoms with van der Waals surface area (Å²) in [4.78, 5) is 5.85. The largest absolute Gasteiger partial charge is 0.419 e. The molecule has 0 amide bonds. The lowest BCUT2D eigenvalue weighted by Crippen LogP contribution is -2.47. The smallest absolute Gasteiger partial charge is 0.352 e. The molecule has 1 atom stereocenters. The molecule has 6 heteroatoms. The fraction of sp³-hybridized carbons (Fsp3) is 0.667. The second-order valence-corrected chi connectivity index (χ2v) is 5.78. The van der Waals surface area contributed by atoms with Gasteiger partial charge in [0.05, 0.1) is 5.56 Å². The van der Waals surface area contributed by atoms with Crippen molar-refractivity contribution in [3.05, 3.63) is 23.9 Å². The van der Waals surface area contributed by atoms with Gasteiger partial charge in [-0.25, -0.2) is 4.98 Å². The zero-order valence-corrected chi connectivity index (χ0v) is 12.5. The maximum atomic E-state index is 13.2. The summed E-state index contributed by atoms with van der Waals surface area (Å²) in [6.07, 6.45) is -0.0715. The van der Waals surface area contributed by atoms with E-state index in [0.717, 1.165) is 25.3 Å². The number of pyridine rings is 1. The van der Waals surface area contributed by atoms with Gasteiger partial charge in [-0.1, -0.05) is 13.8 Å². The number of halogens is 3. The Labute approximate surface area is 123 Å². The van der Waals surface area contributed by atoms with E-state index in [1.54, 1.807) is 0 Å². The second kappa shape index (κ2) is 6.64. The molecule has 118 valence electrons. The van der Waals surface area contributed by atoms with Crippen molar-refractivity contribution in [1.29, 1.82) is 0 Å². The van der Waals surface area contributed by atoms with E-state index in [1.807, 2.05) is 18.7 Å². The molecule has 1 aromatic heterocycles. The number of hydrogen-bond donors (Lipinski definition) is 1. The van der Waals surface area contributed by atoms with Crippen LogP contribution in [0.3, 0.4) is 0 Å². The average Bonchev–Trinajstić information content (AvgIpc) is 2.44. The highest BCUT2D eigenvalue weighted by Crippen LogP contribution is 2.37. The van der Waals surface area contributed by atoms with E-state index < -0.39 is 11.7 Å². The van der Waals surface area contributed by atoms with E-state index in [4.69, 9.17) is 0 Å². The molecule has 21 heavy (non-hydrogen) atoms. The normalized spacial score (nSPS) is 20.1. The third kappa shape index (κ3) is 4.09. The van der Waals surface area contributed by atoms with Crippen LogP contribution in [0.5, 0.6) is 0 Å². The zero-order valence-electron chi connectivity index (χ0n) is 12.5. The first-order chi connectivity index (χ1) is 9.89. The lowest BCUT2D eigenvalue weighted by Gasteiger charge is -2.38. The highest BCUT2D eigenvalue weighted by Gasteiger charge is 2.37. The molecule has 0 aliphatic carbocycles. The third-order valence-electron chi connectivity index (χ3n) is 3.75. The molecule has 0 radical (unpaired) electrons. The Morgan fingerprint density at radius 1 is 1.38 bits per heavy atom. The van der Waals surface area contributed by atoms with Gasteiger partial charge >= 0.3 is 6.18 Å². The van der Waals surface area contributed by atoms with Gasteiger partial charge in [-0.3, -0.25) is 0 Å². The predicted octanol–water partition coefficient (Wildman–Crippen LogP) is 3.46. The van der Waals surface area contributed by atoms with E-state index in [9.17, 15) is 13.2 Å².